The van der Waals surface area contributed by atoms with E-state index in [0.29, 0.717) is 0 Å². The van der Waals surface area contributed by atoms with Crippen molar-refractivity contribution < 1.29 is 4.74 Å². The molecule has 0 saturated carbocycles. The number of benzene rings is 1. The lowest BCUT2D eigenvalue weighted by atomic mass is 10.0. The average molecular weight is 260 g/mol. The first-order valence-electron chi connectivity index (χ1n) is 7.00. The molecule has 0 aliphatic heterocycles. The fourth-order valence-corrected chi connectivity index (χ4v) is 2.31. The van der Waals surface area contributed by atoms with Crippen molar-refractivity contribution >= 4 is 10.9 Å². The molecule has 2 N–H and O–H groups in total. The van der Waals surface area contributed by atoms with E-state index >= 15 is 0 Å². The van der Waals surface area contributed by atoms with Gasteiger partial charge in [-0.3, -0.25) is 0 Å². The Morgan fingerprint density at radius 3 is 2.79 bits per heavy atom. The lowest BCUT2D eigenvalue weighted by Crippen LogP contribution is -2.21. The lowest BCUT2D eigenvalue weighted by Gasteiger charge is -2.13. The van der Waals surface area contributed by atoms with Crippen LogP contribution in [0.15, 0.2) is 30.5 Å². The summed E-state index contributed by atoms with van der Waals surface area (Å²) in [7, 11) is 1.75. The molecule has 0 spiro atoms. The van der Waals surface area contributed by atoms with Gasteiger partial charge in [-0.2, -0.15) is 0 Å². The van der Waals surface area contributed by atoms with Crippen LogP contribution in [0.5, 0.6) is 0 Å². The summed E-state index contributed by atoms with van der Waals surface area (Å²) in [6.45, 7) is 5.10. The van der Waals surface area contributed by atoms with Gasteiger partial charge in [-0.1, -0.05) is 19.1 Å². The van der Waals surface area contributed by atoms with E-state index in [-0.39, 0.29) is 12.1 Å². The van der Waals surface area contributed by atoms with E-state index in [1.807, 2.05) is 0 Å². The Morgan fingerprint density at radius 2 is 2.11 bits per heavy atom. The minimum absolute atomic E-state index is 0.220. The van der Waals surface area contributed by atoms with Gasteiger partial charge in [-0.25, -0.2) is 0 Å². The molecule has 2 atom stereocenters. The number of hydrogen-bond acceptors (Lipinski definition) is 2. The molecule has 2 aromatic rings. The Morgan fingerprint density at radius 1 is 1.32 bits per heavy atom. The monoisotopic (exact) mass is 260 g/mol. The van der Waals surface area contributed by atoms with E-state index < -0.39 is 0 Å². The third-order valence-electron chi connectivity index (χ3n) is 3.72. The molecule has 1 aromatic heterocycles. The predicted octanol–water partition coefficient (Wildman–Crippen LogP) is 2.96. The SMILES string of the molecule is CCC(N)Cc1ccc2ccn(CC(C)OC)c2c1. The topological polar surface area (TPSA) is 40.2 Å². The molecule has 2 rings (SSSR count). The van der Waals surface area contributed by atoms with E-state index in [0.717, 1.165) is 19.4 Å². The van der Waals surface area contributed by atoms with Crippen molar-refractivity contribution in [3.8, 4) is 0 Å². The number of nitrogens with two attached hydrogens (primary N) is 1. The molecule has 104 valence electrons. The highest BCUT2D eigenvalue weighted by Gasteiger charge is 2.07. The van der Waals surface area contributed by atoms with Crippen molar-refractivity contribution in [2.75, 3.05) is 7.11 Å². The zero-order chi connectivity index (χ0) is 13.8. The number of ether oxygens (including phenoxy) is 1. The summed E-state index contributed by atoms with van der Waals surface area (Å²) in [5.74, 6) is 0. The van der Waals surface area contributed by atoms with Crippen LogP contribution in [-0.2, 0) is 17.7 Å². The standard InChI is InChI=1S/C16H24N2O/c1-4-15(17)9-13-5-6-14-7-8-18(16(14)10-13)11-12(2)19-3/h5-8,10,12,15H,4,9,11,17H2,1-3H3. The molecule has 1 heterocycles. The number of rotatable bonds is 6. The molecular formula is C16H24N2O. The van der Waals surface area contributed by atoms with Crippen molar-refractivity contribution in [1.29, 1.82) is 0 Å². The number of hydrogen-bond donors (Lipinski definition) is 1. The smallest absolute Gasteiger partial charge is 0.0722 e. The summed E-state index contributed by atoms with van der Waals surface area (Å²) in [4.78, 5) is 0. The number of aromatic nitrogens is 1. The van der Waals surface area contributed by atoms with Crippen LogP contribution in [-0.4, -0.2) is 23.8 Å². The maximum Gasteiger partial charge on any atom is 0.0722 e. The molecule has 0 saturated heterocycles. The minimum atomic E-state index is 0.220. The third kappa shape index (κ3) is 3.37. The van der Waals surface area contributed by atoms with E-state index in [1.54, 1.807) is 7.11 Å². The van der Waals surface area contributed by atoms with Gasteiger partial charge >= 0.3 is 0 Å². The van der Waals surface area contributed by atoms with Crippen LogP contribution in [0.4, 0.5) is 0 Å². The molecule has 1 aromatic carbocycles. The Labute approximate surface area is 115 Å². The van der Waals surface area contributed by atoms with Gasteiger partial charge in [0, 0.05) is 31.4 Å². The number of nitrogens with zero attached hydrogens (tertiary/aromatic N) is 1. The van der Waals surface area contributed by atoms with Crippen LogP contribution >= 0.6 is 0 Å². The second kappa shape index (κ2) is 6.22. The summed E-state index contributed by atoms with van der Waals surface area (Å²) < 4.78 is 7.60. The van der Waals surface area contributed by atoms with Gasteiger partial charge in [0.25, 0.3) is 0 Å². The summed E-state index contributed by atoms with van der Waals surface area (Å²) >= 11 is 0. The first-order chi connectivity index (χ1) is 9.13. The van der Waals surface area contributed by atoms with Crippen LogP contribution in [0.3, 0.4) is 0 Å². The second-order valence-corrected chi connectivity index (χ2v) is 5.28. The molecule has 0 radical (unpaired) electrons. The molecule has 0 amide bonds. The van der Waals surface area contributed by atoms with Crippen LogP contribution in [0.25, 0.3) is 10.9 Å². The predicted molar refractivity (Wildman–Crippen MR) is 80.4 cm³/mol. The van der Waals surface area contributed by atoms with Gasteiger partial charge in [0.2, 0.25) is 0 Å². The molecular weight excluding hydrogens is 236 g/mol. The van der Waals surface area contributed by atoms with Crippen LogP contribution in [0, 0.1) is 0 Å². The normalized spacial score (nSPS) is 14.7. The molecule has 0 aliphatic carbocycles. The molecule has 3 heteroatoms. The van der Waals surface area contributed by atoms with Gasteiger partial charge in [-0.15, -0.1) is 0 Å². The highest BCUT2D eigenvalue weighted by Crippen LogP contribution is 2.19. The number of fused-ring (bicyclic) bond motifs is 1. The van der Waals surface area contributed by atoms with Crippen molar-refractivity contribution in [1.82, 2.24) is 4.57 Å². The van der Waals surface area contributed by atoms with Crippen molar-refractivity contribution in [3.63, 3.8) is 0 Å². The van der Waals surface area contributed by atoms with Gasteiger partial charge in [0.1, 0.15) is 0 Å². The highest BCUT2D eigenvalue weighted by molar-refractivity contribution is 5.80. The van der Waals surface area contributed by atoms with Crippen molar-refractivity contribution in [2.45, 2.75) is 45.4 Å². The molecule has 0 bridgehead atoms. The van der Waals surface area contributed by atoms with Crippen LogP contribution < -0.4 is 5.73 Å². The zero-order valence-corrected chi connectivity index (χ0v) is 12.1. The van der Waals surface area contributed by atoms with Gasteiger partial charge < -0.3 is 15.0 Å². The summed E-state index contributed by atoms with van der Waals surface area (Å²) in [6.07, 6.45) is 4.30. The first-order valence-corrected chi connectivity index (χ1v) is 7.00. The van der Waals surface area contributed by atoms with Gasteiger partial charge in [0.05, 0.1) is 6.10 Å². The fraction of sp³-hybridized carbons (Fsp3) is 0.500. The number of methoxy groups -OCH3 is 1. The minimum Gasteiger partial charge on any atom is -0.380 e. The van der Waals surface area contributed by atoms with E-state index in [4.69, 9.17) is 10.5 Å². The first kappa shape index (κ1) is 14.1. The highest BCUT2D eigenvalue weighted by atomic mass is 16.5. The second-order valence-electron chi connectivity index (χ2n) is 5.28. The Kier molecular flexibility index (Phi) is 4.61. The van der Waals surface area contributed by atoms with Crippen molar-refractivity contribution in [2.24, 2.45) is 5.73 Å². The Hall–Kier alpha value is -1.32. The molecule has 19 heavy (non-hydrogen) atoms. The van der Waals surface area contributed by atoms with Crippen LogP contribution in [0.1, 0.15) is 25.8 Å². The van der Waals surface area contributed by atoms with Gasteiger partial charge in [-0.05, 0) is 42.8 Å². The molecule has 0 aliphatic rings. The Balaban J connectivity index is 2.26. The fourth-order valence-electron chi connectivity index (χ4n) is 2.31. The van der Waals surface area contributed by atoms with Crippen LogP contribution in [0.2, 0.25) is 0 Å². The average Bonchev–Trinajstić information content (AvgIpc) is 2.81. The lowest BCUT2D eigenvalue weighted by molar-refractivity contribution is 0.104. The summed E-state index contributed by atoms with van der Waals surface area (Å²) in [5, 5.41) is 1.28. The van der Waals surface area contributed by atoms with E-state index in [2.05, 4.69) is 48.9 Å². The molecule has 2 unspecified atom stereocenters. The summed E-state index contributed by atoms with van der Waals surface area (Å²) in [6, 6.07) is 9.02. The Bertz CT molecular complexity index is 533. The summed E-state index contributed by atoms with van der Waals surface area (Å²) in [5.41, 5.74) is 8.62. The maximum absolute atomic E-state index is 6.04. The molecule has 0 fully saturated rings. The molecule has 3 nitrogen and oxygen atoms in total. The van der Waals surface area contributed by atoms with E-state index in [1.165, 1.54) is 16.5 Å². The third-order valence-corrected chi connectivity index (χ3v) is 3.72. The zero-order valence-electron chi connectivity index (χ0n) is 12.1. The van der Waals surface area contributed by atoms with Crippen molar-refractivity contribution in [3.05, 3.63) is 36.0 Å². The van der Waals surface area contributed by atoms with E-state index in [9.17, 15) is 0 Å². The maximum atomic E-state index is 6.04. The quantitative estimate of drug-likeness (QED) is 0.867. The largest absolute Gasteiger partial charge is 0.380 e. The van der Waals surface area contributed by atoms with Gasteiger partial charge in [0.15, 0.2) is 0 Å².